The number of benzene rings is 1. The van der Waals surface area contributed by atoms with Crippen molar-refractivity contribution in [2.24, 2.45) is 0 Å². The third-order valence-corrected chi connectivity index (χ3v) is 5.24. The molecule has 0 aliphatic heterocycles. The highest BCUT2D eigenvalue weighted by Crippen LogP contribution is 2.36. The molecule has 0 fully saturated rings. The Morgan fingerprint density at radius 2 is 1.96 bits per heavy atom. The molecule has 128 valence electrons. The highest BCUT2D eigenvalue weighted by Gasteiger charge is 2.20. The zero-order chi connectivity index (χ0) is 18.1. The number of aryl methyl sites for hydroxylation is 1. The van der Waals surface area contributed by atoms with Crippen LogP contribution in [0, 0.1) is 19.3 Å². The largest absolute Gasteiger partial charge is 0.363 e. The highest BCUT2D eigenvalue weighted by atomic mass is 32.1. The molecular weight excluding hydrogens is 340 g/mol. The summed E-state index contributed by atoms with van der Waals surface area (Å²) in [6, 6.07) is 14.4. The van der Waals surface area contributed by atoms with Gasteiger partial charge < -0.3 is 5.32 Å². The van der Waals surface area contributed by atoms with E-state index in [9.17, 15) is 0 Å². The molecule has 3 heterocycles. The SMILES string of the molecule is C#Cc1ccsc1-c1nc2nc(C)ccn2c1NC(C)c1ccccc1. The molecule has 1 aromatic carbocycles. The fourth-order valence-electron chi connectivity index (χ4n) is 2.95. The van der Waals surface area contributed by atoms with Gasteiger partial charge >= 0.3 is 0 Å². The van der Waals surface area contributed by atoms with Crippen molar-refractivity contribution in [1.82, 2.24) is 14.4 Å². The van der Waals surface area contributed by atoms with Crippen molar-refractivity contribution in [1.29, 1.82) is 0 Å². The van der Waals surface area contributed by atoms with Crippen molar-refractivity contribution < 1.29 is 0 Å². The number of hydrogen-bond acceptors (Lipinski definition) is 4. The van der Waals surface area contributed by atoms with Crippen LogP contribution in [0.15, 0.2) is 54.0 Å². The van der Waals surface area contributed by atoms with Gasteiger partial charge in [0, 0.05) is 23.5 Å². The molecule has 1 atom stereocenters. The molecule has 1 unspecified atom stereocenters. The molecule has 26 heavy (non-hydrogen) atoms. The number of nitrogens with one attached hydrogen (secondary N) is 1. The molecule has 4 aromatic rings. The van der Waals surface area contributed by atoms with Gasteiger partial charge in [0.2, 0.25) is 5.78 Å². The first-order valence-corrected chi connectivity index (χ1v) is 9.27. The van der Waals surface area contributed by atoms with Crippen molar-refractivity contribution >= 4 is 22.9 Å². The van der Waals surface area contributed by atoms with E-state index in [2.05, 4.69) is 35.3 Å². The Bertz CT molecular complexity index is 1100. The Hall–Kier alpha value is -3.10. The third kappa shape index (κ3) is 2.85. The maximum atomic E-state index is 5.68. The molecule has 4 nitrogen and oxygen atoms in total. The molecule has 0 spiro atoms. The van der Waals surface area contributed by atoms with Crippen LogP contribution in [0.5, 0.6) is 0 Å². The van der Waals surface area contributed by atoms with Crippen molar-refractivity contribution in [2.75, 3.05) is 5.32 Å². The lowest BCUT2D eigenvalue weighted by atomic mass is 10.1. The summed E-state index contributed by atoms with van der Waals surface area (Å²) in [5.74, 6) is 4.33. The topological polar surface area (TPSA) is 42.2 Å². The van der Waals surface area contributed by atoms with E-state index in [0.29, 0.717) is 5.78 Å². The fourth-order valence-corrected chi connectivity index (χ4v) is 3.80. The van der Waals surface area contributed by atoms with Crippen molar-refractivity contribution in [3.05, 3.63) is 70.9 Å². The van der Waals surface area contributed by atoms with Gasteiger partial charge in [-0.2, -0.15) is 0 Å². The summed E-state index contributed by atoms with van der Waals surface area (Å²) in [7, 11) is 0. The van der Waals surface area contributed by atoms with E-state index in [-0.39, 0.29) is 6.04 Å². The minimum absolute atomic E-state index is 0.116. The van der Waals surface area contributed by atoms with Gasteiger partial charge in [-0.25, -0.2) is 9.97 Å². The molecule has 0 bridgehead atoms. The smallest absolute Gasteiger partial charge is 0.236 e. The normalized spacial score (nSPS) is 12.0. The van der Waals surface area contributed by atoms with Gasteiger partial charge in [0.25, 0.3) is 0 Å². The van der Waals surface area contributed by atoms with E-state index >= 15 is 0 Å². The first kappa shape index (κ1) is 16.4. The van der Waals surface area contributed by atoms with Gasteiger partial charge in [0.15, 0.2) is 0 Å². The molecular formula is C21H18N4S. The van der Waals surface area contributed by atoms with Crippen LogP contribution < -0.4 is 5.32 Å². The Labute approximate surface area is 156 Å². The maximum absolute atomic E-state index is 5.68. The average Bonchev–Trinajstić information content (AvgIpc) is 3.26. The van der Waals surface area contributed by atoms with Crippen LogP contribution in [-0.2, 0) is 0 Å². The predicted octanol–water partition coefficient (Wildman–Crippen LogP) is 4.92. The second-order valence-corrected chi connectivity index (χ2v) is 7.05. The lowest BCUT2D eigenvalue weighted by molar-refractivity contribution is 0.869. The Morgan fingerprint density at radius 1 is 1.15 bits per heavy atom. The predicted molar refractivity (Wildman–Crippen MR) is 107 cm³/mol. The summed E-state index contributed by atoms with van der Waals surface area (Å²) in [5, 5.41) is 5.61. The minimum Gasteiger partial charge on any atom is -0.363 e. The molecule has 0 saturated heterocycles. The van der Waals surface area contributed by atoms with E-state index in [1.807, 2.05) is 53.2 Å². The lowest BCUT2D eigenvalue weighted by Crippen LogP contribution is -2.09. The Morgan fingerprint density at radius 3 is 2.73 bits per heavy atom. The molecule has 0 aliphatic rings. The first-order valence-electron chi connectivity index (χ1n) is 8.39. The van der Waals surface area contributed by atoms with Gasteiger partial charge in [-0.05, 0) is 36.9 Å². The van der Waals surface area contributed by atoms with Gasteiger partial charge in [-0.15, -0.1) is 17.8 Å². The number of fused-ring (bicyclic) bond motifs is 1. The first-order chi connectivity index (χ1) is 12.7. The van der Waals surface area contributed by atoms with Crippen LogP contribution >= 0.6 is 11.3 Å². The Balaban J connectivity index is 1.86. The van der Waals surface area contributed by atoms with Crippen LogP contribution in [0.3, 0.4) is 0 Å². The second-order valence-electron chi connectivity index (χ2n) is 6.13. The highest BCUT2D eigenvalue weighted by molar-refractivity contribution is 7.13. The zero-order valence-corrected chi connectivity index (χ0v) is 15.4. The standard InChI is InChI=1S/C21H18N4S/c1-4-16-11-13-26-19(16)18-20(23-15(3)17-8-6-5-7-9-17)25-12-10-14(2)22-21(25)24-18/h1,5-13,15,23H,2-3H3. The van der Waals surface area contributed by atoms with Gasteiger partial charge in [-0.3, -0.25) is 4.40 Å². The molecule has 0 aliphatic carbocycles. The van der Waals surface area contributed by atoms with Crippen molar-refractivity contribution in [3.8, 4) is 22.9 Å². The molecule has 1 N–H and O–H groups in total. The van der Waals surface area contributed by atoms with E-state index < -0.39 is 0 Å². The number of rotatable bonds is 4. The number of terminal acetylenes is 1. The number of thiophene rings is 1. The summed E-state index contributed by atoms with van der Waals surface area (Å²) in [6.07, 6.45) is 7.68. The molecule has 4 rings (SSSR count). The fraction of sp³-hybridized carbons (Fsp3) is 0.143. The number of anilines is 1. The summed E-state index contributed by atoms with van der Waals surface area (Å²) >= 11 is 1.60. The van der Waals surface area contributed by atoms with Gasteiger partial charge in [-0.1, -0.05) is 36.3 Å². The molecule has 0 saturated carbocycles. The summed E-state index contributed by atoms with van der Waals surface area (Å²) < 4.78 is 1.99. The summed E-state index contributed by atoms with van der Waals surface area (Å²) in [4.78, 5) is 10.3. The number of hydrogen-bond donors (Lipinski definition) is 1. The quantitative estimate of drug-likeness (QED) is 0.527. The molecule has 3 aromatic heterocycles. The third-order valence-electron chi connectivity index (χ3n) is 4.32. The number of nitrogens with zero attached hydrogens (tertiary/aromatic N) is 3. The monoisotopic (exact) mass is 358 g/mol. The molecule has 0 amide bonds. The number of imidazole rings is 1. The van der Waals surface area contributed by atoms with E-state index in [1.165, 1.54) is 5.56 Å². The number of aromatic nitrogens is 3. The molecule has 5 heteroatoms. The van der Waals surface area contributed by atoms with E-state index in [0.717, 1.165) is 27.6 Å². The molecule has 0 radical (unpaired) electrons. The lowest BCUT2D eigenvalue weighted by Gasteiger charge is -2.16. The van der Waals surface area contributed by atoms with Gasteiger partial charge in [0.05, 0.1) is 4.88 Å². The summed E-state index contributed by atoms with van der Waals surface area (Å²) in [5.41, 5.74) is 3.83. The van der Waals surface area contributed by atoms with E-state index in [1.54, 1.807) is 11.3 Å². The van der Waals surface area contributed by atoms with Crippen LogP contribution in [0.4, 0.5) is 5.82 Å². The van der Waals surface area contributed by atoms with Crippen LogP contribution in [0.25, 0.3) is 16.3 Å². The van der Waals surface area contributed by atoms with Crippen LogP contribution in [-0.4, -0.2) is 14.4 Å². The van der Waals surface area contributed by atoms with Crippen LogP contribution in [0.1, 0.15) is 29.8 Å². The van der Waals surface area contributed by atoms with E-state index in [4.69, 9.17) is 11.4 Å². The Kier molecular flexibility index (Phi) is 4.19. The summed E-state index contributed by atoms with van der Waals surface area (Å²) in [6.45, 7) is 4.10. The zero-order valence-electron chi connectivity index (χ0n) is 14.6. The van der Waals surface area contributed by atoms with Crippen LogP contribution in [0.2, 0.25) is 0 Å². The minimum atomic E-state index is 0.116. The average molecular weight is 358 g/mol. The van der Waals surface area contributed by atoms with Crippen molar-refractivity contribution in [2.45, 2.75) is 19.9 Å². The maximum Gasteiger partial charge on any atom is 0.236 e. The second kappa shape index (κ2) is 6.66. The van der Waals surface area contributed by atoms with Crippen molar-refractivity contribution in [3.63, 3.8) is 0 Å². The van der Waals surface area contributed by atoms with Gasteiger partial charge in [0.1, 0.15) is 11.5 Å².